The number of aryl methyl sites for hydroxylation is 2. The molecule has 32 heavy (non-hydrogen) atoms. The van der Waals surface area contributed by atoms with Crippen LogP contribution >= 0.6 is 11.8 Å². The molecule has 0 saturated carbocycles. The third kappa shape index (κ3) is 6.43. The smallest absolute Gasteiger partial charge is 0.306 e. The predicted molar refractivity (Wildman–Crippen MR) is 125 cm³/mol. The molecule has 0 atom stereocenters. The van der Waals surface area contributed by atoms with E-state index in [0.717, 1.165) is 22.2 Å². The van der Waals surface area contributed by atoms with Crippen LogP contribution in [0.5, 0.6) is 0 Å². The molecule has 0 radical (unpaired) electrons. The Morgan fingerprint density at radius 3 is 2.50 bits per heavy atom. The first-order valence-electron chi connectivity index (χ1n) is 10.6. The van der Waals surface area contributed by atoms with Gasteiger partial charge in [0, 0.05) is 17.9 Å². The Balaban J connectivity index is 1.74. The number of carbonyl (C=O) groups excluding carboxylic acids is 2. The minimum Gasteiger partial charge on any atom is -0.466 e. The molecule has 0 fully saturated rings. The number of esters is 1. The number of carbonyl (C=O) groups is 2. The highest BCUT2D eigenvalue weighted by Gasteiger charge is 2.16. The zero-order valence-electron chi connectivity index (χ0n) is 18.6. The van der Waals surface area contributed by atoms with Gasteiger partial charge in [-0.2, -0.15) is 0 Å². The molecule has 0 unspecified atom stereocenters. The molecule has 3 rings (SSSR count). The van der Waals surface area contributed by atoms with Crippen LogP contribution < -0.4 is 5.32 Å². The molecule has 1 N–H and O–H groups in total. The van der Waals surface area contributed by atoms with Crippen LogP contribution in [0.2, 0.25) is 0 Å². The van der Waals surface area contributed by atoms with Crippen molar-refractivity contribution in [3.05, 3.63) is 71.0 Å². The van der Waals surface area contributed by atoms with Gasteiger partial charge in [-0.05, 0) is 44.0 Å². The fraction of sp³-hybridized carbons (Fsp3) is 0.333. The van der Waals surface area contributed by atoms with Gasteiger partial charge in [-0.25, -0.2) is 0 Å². The lowest BCUT2D eigenvalue weighted by Gasteiger charge is -2.12. The normalized spacial score (nSPS) is 10.7. The monoisotopic (exact) mass is 452 g/mol. The number of hydrogen-bond acceptors (Lipinski definition) is 6. The molecule has 0 spiro atoms. The summed E-state index contributed by atoms with van der Waals surface area (Å²) in [7, 11) is 0. The van der Waals surface area contributed by atoms with Gasteiger partial charge >= 0.3 is 5.97 Å². The summed E-state index contributed by atoms with van der Waals surface area (Å²) < 4.78 is 6.83. The van der Waals surface area contributed by atoms with Gasteiger partial charge in [-0.1, -0.05) is 53.7 Å². The van der Waals surface area contributed by atoms with Gasteiger partial charge in [0.05, 0.1) is 19.6 Å². The quantitative estimate of drug-likeness (QED) is 0.368. The fourth-order valence-electron chi connectivity index (χ4n) is 3.09. The van der Waals surface area contributed by atoms with Crippen molar-refractivity contribution in [3.8, 4) is 5.69 Å². The SMILES string of the molecule is CCOC(=O)CCC(=O)NCc1nnc(SCc2ccccc2C)n1-c1ccc(C)cc1. The Bertz CT molecular complexity index is 1060. The molecule has 0 bridgehead atoms. The Kier molecular flexibility index (Phi) is 8.44. The van der Waals surface area contributed by atoms with E-state index >= 15 is 0 Å². The third-order valence-electron chi connectivity index (χ3n) is 4.92. The number of thioether (sulfide) groups is 1. The lowest BCUT2D eigenvalue weighted by molar-refractivity contribution is -0.144. The first kappa shape index (κ1) is 23.5. The molecule has 0 aliphatic carbocycles. The van der Waals surface area contributed by atoms with Crippen LogP contribution in [0, 0.1) is 13.8 Å². The van der Waals surface area contributed by atoms with Crippen LogP contribution in [0.15, 0.2) is 53.7 Å². The first-order valence-corrected chi connectivity index (χ1v) is 11.6. The maximum atomic E-state index is 12.2. The summed E-state index contributed by atoms with van der Waals surface area (Å²) in [5.41, 5.74) is 4.56. The topological polar surface area (TPSA) is 86.1 Å². The van der Waals surface area contributed by atoms with Gasteiger partial charge in [-0.15, -0.1) is 10.2 Å². The zero-order valence-corrected chi connectivity index (χ0v) is 19.4. The summed E-state index contributed by atoms with van der Waals surface area (Å²) in [5, 5.41) is 12.3. The van der Waals surface area contributed by atoms with Crippen LogP contribution in [0.25, 0.3) is 5.69 Å². The van der Waals surface area contributed by atoms with Crippen LogP contribution in [0.4, 0.5) is 0 Å². The van der Waals surface area contributed by atoms with Crippen LogP contribution in [-0.4, -0.2) is 33.2 Å². The van der Waals surface area contributed by atoms with Gasteiger partial charge in [0.25, 0.3) is 0 Å². The number of nitrogens with one attached hydrogen (secondary N) is 1. The van der Waals surface area contributed by atoms with E-state index in [-0.39, 0.29) is 31.3 Å². The van der Waals surface area contributed by atoms with Crippen molar-refractivity contribution < 1.29 is 14.3 Å². The maximum absolute atomic E-state index is 12.2. The molecule has 168 valence electrons. The van der Waals surface area contributed by atoms with E-state index in [0.29, 0.717) is 12.4 Å². The van der Waals surface area contributed by atoms with Gasteiger partial charge in [0.2, 0.25) is 5.91 Å². The number of rotatable bonds is 10. The molecule has 0 aliphatic heterocycles. The van der Waals surface area contributed by atoms with Gasteiger partial charge in [0.15, 0.2) is 11.0 Å². The number of ether oxygens (including phenoxy) is 1. The van der Waals surface area contributed by atoms with Crippen molar-refractivity contribution in [2.75, 3.05) is 6.61 Å². The predicted octanol–water partition coefficient (Wildman–Crippen LogP) is 4.14. The van der Waals surface area contributed by atoms with E-state index in [1.54, 1.807) is 18.7 Å². The highest BCUT2D eigenvalue weighted by atomic mass is 32.2. The van der Waals surface area contributed by atoms with Gasteiger partial charge in [0.1, 0.15) is 0 Å². The summed E-state index contributed by atoms with van der Waals surface area (Å²) in [5.74, 6) is 0.791. The molecular weight excluding hydrogens is 424 g/mol. The van der Waals surface area contributed by atoms with E-state index < -0.39 is 0 Å². The van der Waals surface area contributed by atoms with E-state index in [1.807, 2.05) is 47.9 Å². The Morgan fingerprint density at radius 2 is 1.78 bits per heavy atom. The summed E-state index contributed by atoms with van der Waals surface area (Å²) in [6.07, 6.45) is 0.133. The first-order chi connectivity index (χ1) is 15.5. The highest BCUT2D eigenvalue weighted by molar-refractivity contribution is 7.98. The second-order valence-corrected chi connectivity index (χ2v) is 8.31. The standard InChI is InChI=1S/C24H28N4O3S/c1-4-31-23(30)14-13-22(29)25-15-21-26-27-24(28(21)20-11-9-17(2)10-12-20)32-16-19-8-6-5-7-18(19)3/h5-12H,4,13-16H2,1-3H3,(H,25,29). The molecule has 1 amide bonds. The molecule has 2 aromatic carbocycles. The van der Waals surface area contributed by atoms with Gasteiger partial charge < -0.3 is 10.1 Å². The second kappa shape index (κ2) is 11.5. The average Bonchev–Trinajstić information content (AvgIpc) is 3.19. The van der Waals surface area contributed by atoms with E-state index in [4.69, 9.17) is 4.74 Å². The molecule has 3 aromatic rings. The van der Waals surface area contributed by atoms with Crippen molar-refractivity contribution in [2.24, 2.45) is 0 Å². The number of benzene rings is 2. The summed E-state index contributed by atoms with van der Waals surface area (Å²) in [4.78, 5) is 23.7. The van der Waals surface area contributed by atoms with E-state index in [1.165, 1.54) is 11.1 Å². The Labute approximate surface area is 192 Å². The summed E-state index contributed by atoms with van der Waals surface area (Å²) in [6, 6.07) is 16.4. The molecule has 1 heterocycles. The fourth-order valence-corrected chi connectivity index (χ4v) is 4.14. The lowest BCUT2D eigenvalue weighted by Crippen LogP contribution is -2.25. The highest BCUT2D eigenvalue weighted by Crippen LogP contribution is 2.26. The van der Waals surface area contributed by atoms with Crippen molar-refractivity contribution in [1.82, 2.24) is 20.1 Å². The number of amides is 1. The molecule has 8 heteroatoms. The minimum absolute atomic E-state index is 0.0574. The summed E-state index contributed by atoms with van der Waals surface area (Å²) >= 11 is 1.60. The zero-order chi connectivity index (χ0) is 22.9. The van der Waals surface area contributed by atoms with Crippen molar-refractivity contribution in [3.63, 3.8) is 0 Å². The molecule has 0 aliphatic rings. The Morgan fingerprint density at radius 1 is 1.03 bits per heavy atom. The average molecular weight is 453 g/mol. The summed E-state index contributed by atoms with van der Waals surface area (Å²) in [6.45, 7) is 6.40. The minimum atomic E-state index is -0.375. The maximum Gasteiger partial charge on any atom is 0.306 e. The van der Waals surface area contributed by atoms with Crippen LogP contribution in [0.3, 0.4) is 0 Å². The largest absolute Gasteiger partial charge is 0.466 e. The van der Waals surface area contributed by atoms with Gasteiger partial charge in [-0.3, -0.25) is 14.2 Å². The Hall–Kier alpha value is -3.13. The van der Waals surface area contributed by atoms with Crippen molar-refractivity contribution in [1.29, 1.82) is 0 Å². The van der Waals surface area contributed by atoms with Crippen molar-refractivity contribution >= 4 is 23.6 Å². The number of hydrogen-bond donors (Lipinski definition) is 1. The molecule has 1 aromatic heterocycles. The lowest BCUT2D eigenvalue weighted by atomic mass is 10.1. The molecule has 7 nitrogen and oxygen atoms in total. The molecule has 0 saturated heterocycles. The van der Waals surface area contributed by atoms with Crippen molar-refractivity contribution in [2.45, 2.75) is 51.1 Å². The van der Waals surface area contributed by atoms with Crippen LogP contribution in [-0.2, 0) is 26.6 Å². The number of nitrogens with zero attached hydrogens (tertiary/aromatic N) is 3. The number of aromatic nitrogens is 3. The van der Waals surface area contributed by atoms with E-state index in [9.17, 15) is 9.59 Å². The van der Waals surface area contributed by atoms with E-state index in [2.05, 4.69) is 34.6 Å². The molecular formula is C24H28N4O3S. The third-order valence-corrected chi connectivity index (χ3v) is 5.89. The second-order valence-electron chi connectivity index (χ2n) is 7.37. The van der Waals surface area contributed by atoms with Crippen LogP contribution in [0.1, 0.15) is 42.3 Å².